The summed E-state index contributed by atoms with van der Waals surface area (Å²) in [5.74, 6) is -0.0818. The Morgan fingerprint density at radius 1 is 1.29 bits per heavy atom. The number of rotatable bonds is 4. The number of likely N-dealkylation sites (tertiary alicyclic amines) is 1. The van der Waals surface area contributed by atoms with Crippen LogP contribution in [0.4, 0.5) is 4.39 Å². The van der Waals surface area contributed by atoms with E-state index in [4.69, 9.17) is 4.74 Å². The highest BCUT2D eigenvalue weighted by atomic mass is 19.1. The second-order valence-corrected chi connectivity index (χ2v) is 4.12. The molecule has 0 spiro atoms. The molecule has 3 nitrogen and oxygen atoms in total. The molecule has 1 aliphatic rings. The van der Waals surface area contributed by atoms with Crippen LogP contribution < -0.4 is 4.74 Å². The Kier molecular flexibility index (Phi) is 3.96. The maximum absolute atomic E-state index is 13.2. The van der Waals surface area contributed by atoms with Gasteiger partial charge in [0.15, 0.2) is 11.6 Å². The Labute approximate surface area is 100 Å². The van der Waals surface area contributed by atoms with E-state index in [-0.39, 0.29) is 24.1 Å². The summed E-state index contributed by atoms with van der Waals surface area (Å²) >= 11 is 0. The minimum atomic E-state index is -0.388. The quantitative estimate of drug-likeness (QED) is 0.803. The van der Waals surface area contributed by atoms with Gasteiger partial charge in [0.2, 0.25) is 5.91 Å². The lowest BCUT2D eigenvalue weighted by Gasteiger charge is -2.15. The molecular formula is C13H16FNO2. The van der Waals surface area contributed by atoms with Gasteiger partial charge < -0.3 is 9.64 Å². The Hall–Kier alpha value is -1.58. The van der Waals surface area contributed by atoms with Crippen molar-refractivity contribution in [2.45, 2.75) is 19.3 Å². The van der Waals surface area contributed by atoms with Crippen LogP contribution >= 0.6 is 0 Å². The first-order chi connectivity index (χ1) is 8.27. The molecule has 1 fully saturated rings. The summed E-state index contributed by atoms with van der Waals surface area (Å²) in [5.41, 5.74) is 0. The van der Waals surface area contributed by atoms with Crippen molar-refractivity contribution in [3.8, 4) is 5.75 Å². The van der Waals surface area contributed by atoms with E-state index in [1.54, 1.807) is 18.2 Å². The number of hydrogen-bond acceptors (Lipinski definition) is 2. The van der Waals surface area contributed by atoms with Gasteiger partial charge in [-0.25, -0.2) is 4.39 Å². The third-order valence-corrected chi connectivity index (χ3v) is 2.87. The molecule has 0 N–H and O–H groups in total. The highest BCUT2D eigenvalue weighted by molar-refractivity contribution is 5.76. The van der Waals surface area contributed by atoms with Crippen LogP contribution in [-0.2, 0) is 4.79 Å². The average molecular weight is 237 g/mol. The van der Waals surface area contributed by atoms with Gasteiger partial charge in [-0.15, -0.1) is 0 Å². The van der Waals surface area contributed by atoms with Gasteiger partial charge in [0.1, 0.15) is 0 Å². The van der Waals surface area contributed by atoms with Gasteiger partial charge in [0, 0.05) is 13.1 Å². The number of para-hydroxylation sites is 1. The molecule has 1 saturated heterocycles. The van der Waals surface area contributed by atoms with Crippen molar-refractivity contribution in [1.29, 1.82) is 0 Å². The molecule has 92 valence electrons. The summed E-state index contributed by atoms with van der Waals surface area (Å²) < 4.78 is 18.4. The fourth-order valence-electron chi connectivity index (χ4n) is 1.93. The van der Waals surface area contributed by atoms with Gasteiger partial charge in [-0.2, -0.15) is 0 Å². The fourth-order valence-corrected chi connectivity index (χ4v) is 1.93. The Morgan fingerprint density at radius 2 is 2.00 bits per heavy atom. The number of hydrogen-bond donors (Lipinski definition) is 0. The molecule has 0 aromatic heterocycles. The SMILES string of the molecule is O=C(CCOc1ccccc1F)N1CCCC1. The number of carbonyl (C=O) groups is 1. The number of nitrogens with zero attached hydrogens (tertiary/aromatic N) is 1. The second kappa shape index (κ2) is 5.66. The zero-order valence-electron chi connectivity index (χ0n) is 9.69. The van der Waals surface area contributed by atoms with Crippen LogP contribution in [0, 0.1) is 5.82 Å². The third-order valence-electron chi connectivity index (χ3n) is 2.87. The highest BCUT2D eigenvalue weighted by Gasteiger charge is 2.17. The molecule has 0 aliphatic carbocycles. The lowest BCUT2D eigenvalue weighted by molar-refractivity contribution is -0.130. The standard InChI is InChI=1S/C13H16FNO2/c14-11-5-1-2-6-12(11)17-10-7-13(16)15-8-3-4-9-15/h1-2,5-6H,3-4,7-10H2. The minimum Gasteiger partial charge on any atom is -0.490 e. The monoisotopic (exact) mass is 237 g/mol. The van der Waals surface area contributed by atoms with E-state index < -0.39 is 0 Å². The molecule has 0 saturated carbocycles. The summed E-state index contributed by atoms with van der Waals surface area (Å²) in [6.07, 6.45) is 2.48. The van der Waals surface area contributed by atoms with Crippen molar-refractivity contribution in [2.24, 2.45) is 0 Å². The van der Waals surface area contributed by atoms with E-state index in [1.165, 1.54) is 6.07 Å². The predicted molar refractivity (Wildman–Crippen MR) is 62.3 cm³/mol. The summed E-state index contributed by atoms with van der Waals surface area (Å²) in [4.78, 5) is 13.5. The molecule has 1 amide bonds. The highest BCUT2D eigenvalue weighted by Crippen LogP contribution is 2.16. The van der Waals surface area contributed by atoms with Crippen molar-refractivity contribution in [3.63, 3.8) is 0 Å². The summed E-state index contributed by atoms with van der Waals surface area (Å²) in [7, 11) is 0. The zero-order chi connectivity index (χ0) is 12.1. The normalized spacial score (nSPS) is 15.0. The molecule has 0 bridgehead atoms. The number of ether oxygens (including phenoxy) is 1. The smallest absolute Gasteiger partial charge is 0.225 e. The number of halogens is 1. The second-order valence-electron chi connectivity index (χ2n) is 4.12. The number of carbonyl (C=O) groups excluding carboxylic acids is 1. The van der Waals surface area contributed by atoms with Crippen LogP contribution in [0.3, 0.4) is 0 Å². The molecule has 2 rings (SSSR count). The van der Waals surface area contributed by atoms with Crippen LogP contribution in [-0.4, -0.2) is 30.5 Å². The first-order valence-corrected chi connectivity index (χ1v) is 5.92. The molecule has 1 aliphatic heterocycles. The van der Waals surface area contributed by atoms with Crippen LogP contribution in [0.15, 0.2) is 24.3 Å². The van der Waals surface area contributed by atoms with E-state index in [0.717, 1.165) is 25.9 Å². The van der Waals surface area contributed by atoms with E-state index in [2.05, 4.69) is 0 Å². The zero-order valence-corrected chi connectivity index (χ0v) is 9.69. The maximum Gasteiger partial charge on any atom is 0.225 e. The summed E-state index contributed by atoms with van der Waals surface area (Å²) in [6.45, 7) is 1.92. The first kappa shape index (κ1) is 11.9. The molecular weight excluding hydrogens is 221 g/mol. The Balaban J connectivity index is 1.76. The van der Waals surface area contributed by atoms with E-state index in [0.29, 0.717) is 6.42 Å². The van der Waals surface area contributed by atoms with Gasteiger partial charge in [-0.1, -0.05) is 12.1 Å². The van der Waals surface area contributed by atoms with Crippen LogP contribution in [0.2, 0.25) is 0 Å². The van der Waals surface area contributed by atoms with Crippen LogP contribution in [0.25, 0.3) is 0 Å². The lowest BCUT2D eigenvalue weighted by Crippen LogP contribution is -2.28. The average Bonchev–Trinajstić information content (AvgIpc) is 2.85. The van der Waals surface area contributed by atoms with E-state index >= 15 is 0 Å². The predicted octanol–water partition coefficient (Wildman–Crippen LogP) is 2.22. The van der Waals surface area contributed by atoms with Crippen LogP contribution in [0.1, 0.15) is 19.3 Å². The summed E-state index contributed by atoms with van der Waals surface area (Å²) in [5, 5.41) is 0. The molecule has 4 heteroatoms. The molecule has 1 aromatic carbocycles. The maximum atomic E-state index is 13.2. The molecule has 0 unspecified atom stereocenters. The topological polar surface area (TPSA) is 29.5 Å². The fraction of sp³-hybridized carbons (Fsp3) is 0.462. The van der Waals surface area contributed by atoms with Gasteiger partial charge in [0.05, 0.1) is 13.0 Å². The number of amides is 1. The molecule has 0 radical (unpaired) electrons. The first-order valence-electron chi connectivity index (χ1n) is 5.92. The molecule has 1 heterocycles. The summed E-state index contributed by atoms with van der Waals surface area (Å²) in [6, 6.07) is 6.23. The molecule has 0 atom stereocenters. The Bertz CT molecular complexity index is 389. The van der Waals surface area contributed by atoms with Gasteiger partial charge >= 0.3 is 0 Å². The minimum absolute atomic E-state index is 0.0961. The van der Waals surface area contributed by atoms with Gasteiger partial charge in [-0.05, 0) is 25.0 Å². The van der Waals surface area contributed by atoms with Crippen molar-refractivity contribution < 1.29 is 13.9 Å². The number of benzene rings is 1. The van der Waals surface area contributed by atoms with Gasteiger partial charge in [0.25, 0.3) is 0 Å². The van der Waals surface area contributed by atoms with Crippen LogP contribution in [0.5, 0.6) is 5.75 Å². The van der Waals surface area contributed by atoms with Crippen molar-refractivity contribution in [1.82, 2.24) is 4.90 Å². The van der Waals surface area contributed by atoms with Crippen molar-refractivity contribution in [2.75, 3.05) is 19.7 Å². The molecule has 17 heavy (non-hydrogen) atoms. The van der Waals surface area contributed by atoms with Crippen molar-refractivity contribution >= 4 is 5.91 Å². The van der Waals surface area contributed by atoms with E-state index in [1.807, 2.05) is 4.90 Å². The third kappa shape index (κ3) is 3.19. The Morgan fingerprint density at radius 3 is 2.71 bits per heavy atom. The largest absolute Gasteiger partial charge is 0.490 e. The van der Waals surface area contributed by atoms with Gasteiger partial charge in [-0.3, -0.25) is 4.79 Å². The molecule has 1 aromatic rings. The van der Waals surface area contributed by atoms with Crippen molar-refractivity contribution in [3.05, 3.63) is 30.1 Å². The van der Waals surface area contributed by atoms with E-state index in [9.17, 15) is 9.18 Å². The lowest BCUT2D eigenvalue weighted by atomic mass is 10.3.